The van der Waals surface area contributed by atoms with Crippen LogP contribution < -0.4 is 11.3 Å². The predicted molar refractivity (Wildman–Crippen MR) is 74.6 cm³/mol. The van der Waals surface area contributed by atoms with Crippen molar-refractivity contribution in [3.8, 4) is 0 Å². The van der Waals surface area contributed by atoms with Gasteiger partial charge in [0, 0.05) is 24.2 Å². The van der Waals surface area contributed by atoms with Crippen molar-refractivity contribution in [2.75, 3.05) is 13.7 Å². The zero-order valence-corrected chi connectivity index (χ0v) is 12.3. The predicted octanol–water partition coefficient (Wildman–Crippen LogP) is 2.93. The summed E-state index contributed by atoms with van der Waals surface area (Å²) in [5.74, 6) is 6.11. The molecule has 0 aliphatic rings. The largest absolute Gasteiger partial charge is 0.385 e. The molecular weight excluding hydrogens is 280 g/mol. The lowest BCUT2D eigenvalue weighted by Crippen LogP contribution is -2.33. The first-order valence-corrected chi connectivity index (χ1v) is 6.61. The summed E-state index contributed by atoms with van der Waals surface area (Å²) in [6, 6.07) is 6.36. The summed E-state index contributed by atoms with van der Waals surface area (Å²) in [6.07, 6.45) is 0.983. The monoisotopic (exact) mass is 300 g/mol. The first-order valence-electron chi connectivity index (χ1n) is 5.81. The van der Waals surface area contributed by atoms with Gasteiger partial charge in [0.05, 0.1) is 0 Å². The van der Waals surface area contributed by atoms with E-state index in [9.17, 15) is 0 Å². The average molecular weight is 301 g/mol. The number of methoxy groups -OCH3 is 1. The van der Waals surface area contributed by atoms with E-state index >= 15 is 0 Å². The van der Waals surface area contributed by atoms with Crippen LogP contribution in [0.3, 0.4) is 0 Å². The molecule has 2 unspecified atom stereocenters. The lowest BCUT2D eigenvalue weighted by atomic mass is 9.90. The molecule has 2 atom stereocenters. The highest BCUT2D eigenvalue weighted by Gasteiger charge is 2.20. The molecule has 1 aromatic carbocycles. The molecule has 0 aliphatic carbocycles. The number of ether oxygens (including phenoxy) is 1. The van der Waals surface area contributed by atoms with Crippen molar-refractivity contribution in [1.29, 1.82) is 0 Å². The Morgan fingerprint density at radius 1 is 1.47 bits per heavy atom. The molecule has 17 heavy (non-hydrogen) atoms. The number of hydrazine groups is 1. The van der Waals surface area contributed by atoms with Gasteiger partial charge in [-0.25, -0.2) is 0 Å². The zero-order chi connectivity index (χ0) is 12.8. The van der Waals surface area contributed by atoms with Crippen LogP contribution in [-0.4, -0.2) is 13.7 Å². The number of nitrogens with one attached hydrogen (secondary N) is 1. The molecular formula is C13H21BrN2O. The summed E-state index contributed by atoms with van der Waals surface area (Å²) in [7, 11) is 1.72. The van der Waals surface area contributed by atoms with Crippen LogP contribution in [0.15, 0.2) is 22.7 Å². The summed E-state index contributed by atoms with van der Waals surface area (Å²) in [5, 5.41) is 0. The van der Waals surface area contributed by atoms with Crippen LogP contribution in [0.5, 0.6) is 0 Å². The van der Waals surface area contributed by atoms with Gasteiger partial charge in [0.1, 0.15) is 0 Å². The van der Waals surface area contributed by atoms with Crippen LogP contribution in [0.4, 0.5) is 0 Å². The van der Waals surface area contributed by atoms with Gasteiger partial charge in [-0.05, 0) is 36.5 Å². The van der Waals surface area contributed by atoms with Gasteiger partial charge in [-0.3, -0.25) is 11.3 Å². The number of rotatable bonds is 6. The summed E-state index contributed by atoms with van der Waals surface area (Å²) in [4.78, 5) is 0. The SMILES string of the molecule is COCCC(C)C(NN)c1cccc(Br)c1C. The molecule has 1 rings (SSSR count). The normalized spacial score (nSPS) is 14.6. The third kappa shape index (κ3) is 3.78. The van der Waals surface area contributed by atoms with Crippen LogP contribution in [0.1, 0.15) is 30.5 Å². The van der Waals surface area contributed by atoms with Crippen LogP contribution >= 0.6 is 15.9 Å². The van der Waals surface area contributed by atoms with Gasteiger partial charge in [-0.15, -0.1) is 0 Å². The molecule has 0 fully saturated rings. The highest BCUT2D eigenvalue weighted by Crippen LogP contribution is 2.29. The minimum absolute atomic E-state index is 0.155. The Morgan fingerprint density at radius 2 is 2.18 bits per heavy atom. The first kappa shape index (κ1) is 14.6. The fraction of sp³-hybridized carbons (Fsp3) is 0.538. The molecule has 0 amide bonds. The van der Waals surface area contributed by atoms with Gasteiger partial charge in [0.2, 0.25) is 0 Å². The molecule has 0 bridgehead atoms. The average Bonchev–Trinajstić information content (AvgIpc) is 2.32. The van der Waals surface area contributed by atoms with Gasteiger partial charge in [-0.1, -0.05) is 35.0 Å². The van der Waals surface area contributed by atoms with Crippen molar-refractivity contribution < 1.29 is 4.74 Å². The summed E-state index contributed by atoms with van der Waals surface area (Å²) in [5.41, 5.74) is 5.40. The van der Waals surface area contributed by atoms with Gasteiger partial charge in [0.25, 0.3) is 0 Å². The molecule has 0 radical (unpaired) electrons. The topological polar surface area (TPSA) is 47.3 Å². The molecule has 0 saturated heterocycles. The smallest absolute Gasteiger partial charge is 0.0489 e. The van der Waals surface area contributed by atoms with Crippen molar-refractivity contribution in [2.24, 2.45) is 11.8 Å². The second kappa shape index (κ2) is 7.11. The van der Waals surface area contributed by atoms with Gasteiger partial charge < -0.3 is 4.74 Å². The van der Waals surface area contributed by atoms with Crippen molar-refractivity contribution in [1.82, 2.24) is 5.43 Å². The van der Waals surface area contributed by atoms with Gasteiger partial charge in [-0.2, -0.15) is 0 Å². The Hall–Kier alpha value is -0.420. The van der Waals surface area contributed by atoms with E-state index in [2.05, 4.69) is 41.3 Å². The maximum Gasteiger partial charge on any atom is 0.0489 e. The van der Waals surface area contributed by atoms with E-state index in [1.54, 1.807) is 7.11 Å². The lowest BCUT2D eigenvalue weighted by Gasteiger charge is -2.25. The van der Waals surface area contributed by atoms with Crippen molar-refractivity contribution in [3.05, 3.63) is 33.8 Å². The summed E-state index contributed by atoms with van der Waals surface area (Å²) < 4.78 is 6.24. The fourth-order valence-corrected chi connectivity index (χ4v) is 2.37. The Labute approximate surface area is 112 Å². The minimum Gasteiger partial charge on any atom is -0.385 e. The third-order valence-electron chi connectivity index (χ3n) is 3.17. The zero-order valence-electron chi connectivity index (χ0n) is 10.7. The van der Waals surface area contributed by atoms with Gasteiger partial charge >= 0.3 is 0 Å². The molecule has 0 heterocycles. The number of nitrogens with two attached hydrogens (primary N) is 1. The van der Waals surface area contributed by atoms with E-state index in [1.165, 1.54) is 11.1 Å². The van der Waals surface area contributed by atoms with Crippen LogP contribution in [0, 0.1) is 12.8 Å². The van der Waals surface area contributed by atoms with Crippen molar-refractivity contribution in [2.45, 2.75) is 26.3 Å². The quantitative estimate of drug-likeness (QED) is 0.627. The third-order valence-corrected chi connectivity index (χ3v) is 4.03. The Morgan fingerprint density at radius 3 is 2.76 bits per heavy atom. The van der Waals surface area contributed by atoms with Crippen molar-refractivity contribution >= 4 is 15.9 Å². The van der Waals surface area contributed by atoms with E-state index in [-0.39, 0.29) is 6.04 Å². The Balaban J connectivity index is 2.89. The molecule has 3 nitrogen and oxygen atoms in total. The maximum atomic E-state index is 5.69. The summed E-state index contributed by atoms with van der Waals surface area (Å²) in [6.45, 7) is 5.04. The van der Waals surface area contributed by atoms with E-state index < -0.39 is 0 Å². The molecule has 1 aromatic rings. The highest BCUT2D eigenvalue weighted by molar-refractivity contribution is 9.10. The van der Waals surface area contributed by atoms with Crippen LogP contribution in [0.25, 0.3) is 0 Å². The highest BCUT2D eigenvalue weighted by atomic mass is 79.9. The first-order chi connectivity index (χ1) is 8.11. The van der Waals surface area contributed by atoms with Crippen LogP contribution in [-0.2, 0) is 4.74 Å². The van der Waals surface area contributed by atoms with E-state index in [0.717, 1.165) is 17.5 Å². The van der Waals surface area contributed by atoms with Crippen LogP contribution in [0.2, 0.25) is 0 Å². The van der Waals surface area contributed by atoms with Crippen molar-refractivity contribution in [3.63, 3.8) is 0 Å². The molecule has 0 spiro atoms. The standard InChI is InChI=1S/C13H21BrN2O/c1-9(7-8-17-3)13(16-15)11-5-4-6-12(14)10(11)2/h4-6,9,13,16H,7-8,15H2,1-3H3. The Bertz CT molecular complexity index is 357. The molecule has 3 N–H and O–H groups in total. The van der Waals surface area contributed by atoms with E-state index in [4.69, 9.17) is 10.6 Å². The second-order valence-corrected chi connectivity index (χ2v) is 5.21. The van der Waals surface area contributed by atoms with Gasteiger partial charge in [0.15, 0.2) is 0 Å². The van der Waals surface area contributed by atoms with E-state index in [1.807, 2.05) is 12.1 Å². The lowest BCUT2D eigenvalue weighted by molar-refractivity contribution is 0.170. The minimum atomic E-state index is 0.155. The summed E-state index contributed by atoms with van der Waals surface area (Å²) >= 11 is 3.55. The molecule has 4 heteroatoms. The number of benzene rings is 1. The second-order valence-electron chi connectivity index (χ2n) is 4.36. The molecule has 96 valence electrons. The molecule has 0 saturated carbocycles. The fourth-order valence-electron chi connectivity index (χ4n) is 1.99. The number of hydrogen-bond acceptors (Lipinski definition) is 3. The number of hydrogen-bond donors (Lipinski definition) is 2. The molecule has 0 aliphatic heterocycles. The van der Waals surface area contributed by atoms with E-state index in [0.29, 0.717) is 5.92 Å². The maximum absolute atomic E-state index is 5.69. The molecule has 0 aromatic heterocycles. The number of halogens is 1. The Kier molecular flexibility index (Phi) is 6.12.